The molecule has 2 aromatic carbocycles. The summed E-state index contributed by atoms with van der Waals surface area (Å²) in [5.74, 6) is 0.213. The SMILES string of the molecule is C=CC(=O)Nc1ccc(CS(=O)c2ccccc2)cc1. The Kier molecular flexibility index (Phi) is 4.85. The van der Waals surface area contributed by atoms with Crippen molar-refractivity contribution in [2.24, 2.45) is 0 Å². The van der Waals surface area contributed by atoms with Gasteiger partial charge >= 0.3 is 0 Å². The lowest BCUT2D eigenvalue weighted by Gasteiger charge is -2.05. The number of rotatable bonds is 5. The van der Waals surface area contributed by atoms with E-state index in [2.05, 4.69) is 11.9 Å². The summed E-state index contributed by atoms with van der Waals surface area (Å²) in [6.07, 6.45) is 1.22. The van der Waals surface area contributed by atoms with Crippen LogP contribution in [0.25, 0.3) is 0 Å². The first-order chi connectivity index (χ1) is 9.69. The number of carbonyl (C=O) groups is 1. The van der Waals surface area contributed by atoms with Crippen LogP contribution < -0.4 is 5.32 Å². The molecule has 0 saturated heterocycles. The van der Waals surface area contributed by atoms with Gasteiger partial charge in [-0.1, -0.05) is 36.9 Å². The van der Waals surface area contributed by atoms with E-state index in [9.17, 15) is 9.00 Å². The van der Waals surface area contributed by atoms with E-state index in [4.69, 9.17) is 0 Å². The topological polar surface area (TPSA) is 46.2 Å². The van der Waals surface area contributed by atoms with E-state index in [1.54, 1.807) is 12.1 Å². The van der Waals surface area contributed by atoms with Crippen LogP contribution in [0.1, 0.15) is 5.56 Å². The van der Waals surface area contributed by atoms with Crippen LogP contribution in [-0.2, 0) is 21.3 Å². The van der Waals surface area contributed by atoms with Gasteiger partial charge in [0.15, 0.2) is 0 Å². The second-order valence-electron chi connectivity index (χ2n) is 4.19. The third-order valence-electron chi connectivity index (χ3n) is 2.71. The average Bonchev–Trinajstić information content (AvgIpc) is 2.50. The van der Waals surface area contributed by atoms with Crippen molar-refractivity contribution in [2.45, 2.75) is 10.6 Å². The number of amides is 1. The predicted octanol–water partition coefficient (Wildman–Crippen LogP) is 3.12. The Morgan fingerprint density at radius 3 is 2.35 bits per heavy atom. The van der Waals surface area contributed by atoms with Crippen LogP contribution in [-0.4, -0.2) is 10.1 Å². The summed E-state index contributed by atoms with van der Waals surface area (Å²) in [7, 11) is -1.06. The van der Waals surface area contributed by atoms with Crippen LogP contribution in [0.4, 0.5) is 5.69 Å². The molecular weight excluding hydrogens is 270 g/mol. The van der Waals surface area contributed by atoms with Crippen LogP contribution in [0.5, 0.6) is 0 Å². The maximum absolute atomic E-state index is 12.2. The van der Waals surface area contributed by atoms with Crippen molar-refractivity contribution in [2.75, 3.05) is 5.32 Å². The van der Waals surface area contributed by atoms with Crippen molar-refractivity contribution in [3.63, 3.8) is 0 Å². The van der Waals surface area contributed by atoms with Crippen molar-refractivity contribution in [3.8, 4) is 0 Å². The van der Waals surface area contributed by atoms with Gasteiger partial charge in [-0.15, -0.1) is 0 Å². The second kappa shape index (κ2) is 6.82. The van der Waals surface area contributed by atoms with E-state index < -0.39 is 10.8 Å². The Bertz CT molecular complexity index is 621. The molecule has 0 heterocycles. The van der Waals surface area contributed by atoms with Gasteiger partial charge in [0, 0.05) is 10.6 Å². The lowest BCUT2D eigenvalue weighted by Crippen LogP contribution is -2.07. The fraction of sp³-hybridized carbons (Fsp3) is 0.0625. The molecule has 3 nitrogen and oxygen atoms in total. The molecule has 0 fully saturated rings. The second-order valence-corrected chi connectivity index (χ2v) is 5.64. The zero-order valence-corrected chi connectivity index (χ0v) is 11.7. The fourth-order valence-corrected chi connectivity index (χ4v) is 2.81. The average molecular weight is 285 g/mol. The van der Waals surface area contributed by atoms with Gasteiger partial charge < -0.3 is 5.32 Å². The minimum Gasteiger partial charge on any atom is -0.323 e. The van der Waals surface area contributed by atoms with Gasteiger partial charge in [-0.3, -0.25) is 9.00 Å². The molecule has 0 aromatic heterocycles. The van der Waals surface area contributed by atoms with Crippen molar-refractivity contribution in [3.05, 3.63) is 72.8 Å². The fourth-order valence-electron chi connectivity index (χ4n) is 1.68. The monoisotopic (exact) mass is 285 g/mol. The van der Waals surface area contributed by atoms with Gasteiger partial charge in [0.1, 0.15) is 0 Å². The molecule has 0 aliphatic heterocycles. The van der Waals surface area contributed by atoms with E-state index in [0.29, 0.717) is 11.4 Å². The molecule has 0 spiro atoms. The first-order valence-corrected chi connectivity index (χ1v) is 7.47. The highest BCUT2D eigenvalue weighted by Crippen LogP contribution is 2.15. The lowest BCUT2D eigenvalue weighted by molar-refractivity contribution is -0.111. The van der Waals surface area contributed by atoms with E-state index in [1.807, 2.05) is 42.5 Å². The van der Waals surface area contributed by atoms with Crippen LogP contribution in [0, 0.1) is 0 Å². The Morgan fingerprint density at radius 2 is 1.75 bits per heavy atom. The number of nitrogens with one attached hydrogen (secondary N) is 1. The third kappa shape index (κ3) is 3.90. The molecule has 1 atom stereocenters. The molecule has 4 heteroatoms. The minimum absolute atomic E-state index is 0.245. The number of anilines is 1. The highest BCUT2D eigenvalue weighted by atomic mass is 32.2. The summed E-state index contributed by atoms with van der Waals surface area (Å²) in [5.41, 5.74) is 1.66. The molecule has 0 bridgehead atoms. The van der Waals surface area contributed by atoms with Crippen LogP contribution in [0.3, 0.4) is 0 Å². The molecule has 20 heavy (non-hydrogen) atoms. The summed E-state index contributed by atoms with van der Waals surface area (Å²) in [5, 5.41) is 2.67. The zero-order valence-electron chi connectivity index (χ0n) is 10.9. The molecule has 1 N–H and O–H groups in total. The molecule has 0 aliphatic carbocycles. The molecule has 0 radical (unpaired) electrons. The maximum atomic E-state index is 12.2. The van der Waals surface area contributed by atoms with E-state index in [0.717, 1.165) is 10.5 Å². The molecular formula is C16H15NO2S. The number of benzene rings is 2. The number of hydrogen-bond acceptors (Lipinski definition) is 2. The van der Waals surface area contributed by atoms with E-state index >= 15 is 0 Å². The Morgan fingerprint density at radius 1 is 1.10 bits per heavy atom. The van der Waals surface area contributed by atoms with Crippen molar-refractivity contribution >= 4 is 22.4 Å². The quantitative estimate of drug-likeness (QED) is 0.858. The van der Waals surface area contributed by atoms with E-state index in [1.165, 1.54) is 6.08 Å². The van der Waals surface area contributed by atoms with Crippen LogP contribution in [0.15, 0.2) is 72.1 Å². The van der Waals surface area contributed by atoms with E-state index in [-0.39, 0.29) is 5.91 Å². The highest BCUT2D eigenvalue weighted by Gasteiger charge is 2.05. The van der Waals surface area contributed by atoms with Gasteiger partial charge in [0.2, 0.25) is 5.91 Å². The van der Waals surface area contributed by atoms with Crippen molar-refractivity contribution in [1.82, 2.24) is 0 Å². The highest BCUT2D eigenvalue weighted by molar-refractivity contribution is 7.84. The maximum Gasteiger partial charge on any atom is 0.247 e. The van der Waals surface area contributed by atoms with Crippen molar-refractivity contribution in [1.29, 1.82) is 0 Å². The van der Waals surface area contributed by atoms with Gasteiger partial charge in [0.25, 0.3) is 0 Å². The molecule has 0 saturated carbocycles. The first kappa shape index (κ1) is 14.2. The van der Waals surface area contributed by atoms with Gasteiger partial charge in [0.05, 0.1) is 16.6 Å². The summed E-state index contributed by atoms with van der Waals surface area (Å²) >= 11 is 0. The molecule has 1 amide bonds. The predicted molar refractivity (Wildman–Crippen MR) is 81.8 cm³/mol. The largest absolute Gasteiger partial charge is 0.323 e. The lowest BCUT2D eigenvalue weighted by atomic mass is 10.2. The van der Waals surface area contributed by atoms with Crippen LogP contribution in [0.2, 0.25) is 0 Å². The van der Waals surface area contributed by atoms with Gasteiger partial charge in [-0.25, -0.2) is 0 Å². The molecule has 0 aliphatic rings. The Hall–Kier alpha value is -2.20. The Labute approximate surface area is 120 Å². The number of hydrogen-bond donors (Lipinski definition) is 1. The molecule has 2 rings (SSSR count). The van der Waals surface area contributed by atoms with Gasteiger partial charge in [-0.2, -0.15) is 0 Å². The molecule has 1 unspecified atom stereocenters. The first-order valence-electron chi connectivity index (χ1n) is 6.15. The van der Waals surface area contributed by atoms with Crippen molar-refractivity contribution < 1.29 is 9.00 Å². The summed E-state index contributed by atoms with van der Waals surface area (Å²) in [6, 6.07) is 16.7. The summed E-state index contributed by atoms with van der Waals surface area (Å²) < 4.78 is 12.2. The summed E-state index contributed by atoms with van der Waals surface area (Å²) in [6.45, 7) is 3.40. The molecule has 2 aromatic rings. The normalized spacial score (nSPS) is 11.6. The smallest absolute Gasteiger partial charge is 0.247 e. The Balaban J connectivity index is 2.02. The van der Waals surface area contributed by atoms with Gasteiger partial charge in [-0.05, 0) is 35.9 Å². The standard InChI is InChI=1S/C16H15NO2S/c1-2-16(18)17-14-10-8-13(9-11-14)12-20(19)15-6-4-3-5-7-15/h2-11H,1,12H2,(H,17,18). The van der Waals surface area contributed by atoms with Crippen LogP contribution >= 0.6 is 0 Å². The third-order valence-corrected chi connectivity index (χ3v) is 4.10. The molecule has 102 valence electrons. The summed E-state index contributed by atoms with van der Waals surface area (Å²) in [4.78, 5) is 12.0. The zero-order chi connectivity index (χ0) is 14.4. The number of carbonyl (C=O) groups excluding carboxylic acids is 1. The minimum atomic E-state index is -1.06.